The van der Waals surface area contributed by atoms with E-state index in [1.807, 2.05) is 13.0 Å². The lowest BCUT2D eigenvalue weighted by atomic mass is 10.1. The van der Waals surface area contributed by atoms with Gasteiger partial charge in [-0.3, -0.25) is 4.79 Å². The first-order valence-electron chi connectivity index (χ1n) is 8.24. The van der Waals surface area contributed by atoms with Crippen LogP contribution in [-0.4, -0.2) is 17.7 Å². The van der Waals surface area contributed by atoms with Crippen LogP contribution in [0.4, 0.5) is 0 Å². The number of aryl methyl sites for hydroxylation is 1. The number of carbonyl (C=O) groups is 1. The molecular weight excluding hydrogens is 320 g/mol. The molecule has 0 saturated heterocycles. The van der Waals surface area contributed by atoms with E-state index in [9.17, 15) is 9.59 Å². The molecule has 0 aliphatic rings. The van der Waals surface area contributed by atoms with Crippen molar-refractivity contribution in [2.75, 3.05) is 6.61 Å². The maximum absolute atomic E-state index is 12.8. The first kappa shape index (κ1) is 17.0. The Morgan fingerprint density at radius 1 is 1.20 bits per heavy atom. The summed E-state index contributed by atoms with van der Waals surface area (Å²) in [6.45, 7) is 6.67. The van der Waals surface area contributed by atoms with E-state index >= 15 is 0 Å². The third-order valence-electron chi connectivity index (χ3n) is 4.14. The van der Waals surface area contributed by atoms with Crippen LogP contribution in [0.25, 0.3) is 21.9 Å². The number of rotatable bonds is 5. The molecule has 130 valence electrons. The summed E-state index contributed by atoms with van der Waals surface area (Å²) in [7, 11) is 0. The second kappa shape index (κ2) is 6.59. The lowest BCUT2D eigenvalue weighted by molar-refractivity contribution is 0.0697. The zero-order valence-corrected chi connectivity index (χ0v) is 14.5. The van der Waals surface area contributed by atoms with Crippen molar-refractivity contribution >= 4 is 27.9 Å². The molecule has 25 heavy (non-hydrogen) atoms. The van der Waals surface area contributed by atoms with Crippen molar-refractivity contribution in [3.05, 3.63) is 51.7 Å². The molecule has 0 fully saturated rings. The Morgan fingerprint density at radius 2 is 1.96 bits per heavy atom. The van der Waals surface area contributed by atoms with Crippen LogP contribution in [0.15, 0.2) is 39.5 Å². The Morgan fingerprint density at radius 3 is 2.64 bits per heavy atom. The molecule has 0 amide bonds. The average molecular weight is 340 g/mol. The first-order chi connectivity index (χ1) is 11.9. The van der Waals surface area contributed by atoms with Gasteiger partial charge in [0.1, 0.15) is 16.9 Å². The number of ether oxygens (including phenoxy) is 1. The van der Waals surface area contributed by atoms with Crippen molar-refractivity contribution in [1.29, 1.82) is 0 Å². The number of hydrogen-bond donors (Lipinski definition) is 1. The lowest BCUT2D eigenvalue weighted by Crippen LogP contribution is -2.06. The van der Waals surface area contributed by atoms with Crippen molar-refractivity contribution in [2.24, 2.45) is 5.92 Å². The van der Waals surface area contributed by atoms with Gasteiger partial charge in [-0.1, -0.05) is 13.8 Å². The zero-order valence-electron chi connectivity index (χ0n) is 14.5. The van der Waals surface area contributed by atoms with E-state index in [1.165, 1.54) is 18.2 Å². The molecule has 0 atom stereocenters. The number of aromatic carboxylic acids is 1. The summed E-state index contributed by atoms with van der Waals surface area (Å²) in [5, 5.41) is 9.78. The lowest BCUT2D eigenvalue weighted by Gasteiger charge is -2.11. The number of fused-ring (bicyclic) bond motifs is 2. The van der Waals surface area contributed by atoms with Gasteiger partial charge in [-0.25, -0.2) is 4.79 Å². The summed E-state index contributed by atoms with van der Waals surface area (Å²) in [5.41, 5.74) is 1.48. The third-order valence-corrected chi connectivity index (χ3v) is 4.14. The second-order valence-corrected chi connectivity index (χ2v) is 6.60. The highest BCUT2D eigenvalue weighted by molar-refractivity contribution is 5.96. The Kier molecular flexibility index (Phi) is 4.49. The van der Waals surface area contributed by atoms with Gasteiger partial charge >= 0.3 is 5.97 Å². The minimum absolute atomic E-state index is 0.0557. The highest BCUT2D eigenvalue weighted by Crippen LogP contribution is 2.27. The van der Waals surface area contributed by atoms with Crippen LogP contribution in [0.5, 0.6) is 5.75 Å². The summed E-state index contributed by atoms with van der Waals surface area (Å²) in [6, 6.07) is 7.82. The maximum atomic E-state index is 12.8. The summed E-state index contributed by atoms with van der Waals surface area (Å²) < 4.78 is 11.6. The quantitative estimate of drug-likeness (QED) is 0.698. The SMILES string of the molecule is Cc1cc(OCCC(C)C)cc2c(=O)c3cc(C(=O)O)ccc3oc12. The zero-order chi connectivity index (χ0) is 18.1. The second-order valence-electron chi connectivity index (χ2n) is 6.60. The van der Waals surface area contributed by atoms with Crippen LogP contribution in [0.2, 0.25) is 0 Å². The molecule has 1 N–H and O–H groups in total. The Bertz CT molecular complexity index is 1010. The van der Waals surface area contributed by atoms with Gasteiger partial charge in [0, 0.05) is 0 Å². The predicted molar refractivity (Wildman–Crippen MR) is 96.6 cm³/mol. The van der Waals surface area contributed by atoms with Gasteiger partial charge in [-0.05, 0) is 55.2 Å². The van der Waals surface area contributed by atoms with E-state index in [0.29, 0.717) is 34.8 Å². The number of hydrogen-bond acceptors (Lipinski definition) is 4. The van der Waals surface area contributed by atoms with Gasteiger partial charge in [-0.15, -0.1) is 0 Å². The molecule has 5 nitrogen and oxygen atoms in total. The molecule has 0 spiro atoms. The fourth-order valence-electron chi connectivity index (χ4n) is 2.73. The van der Waals surface area contributed by atoms with Crippen molar-refractivity contribution in [2.45, 2.75) is 27.2 Å². The van der Waals surface area contributed by atoms with Crippen LogP contribution in [0.3, 0.4) is 0 Å². The molecule has 5 heteroatoms. The monoisotopic (exact) mass is 340 g/mol. The minimum Gasteiger partial charge on any atom is -0.494 e. The van der Waals surface area contributed by atoms with E-state index in [2.05, 4.69) is 13.8 Å². The minimum atomic E-state index is -1.08. The summed E-state index contributed by atoms with van der Waals surface area (Å²) in [5.74, 6) is 0.0695. The molecule has 0 saturated carbocycles. The smallest absolute Gasteiger partial charge is 0.335 e. The Hall–Kier alpha value is -2.82. The fraction of sp³-hybridized carbons (Fsp3) is 0.300. The number of benzene rings is 2. The van der Waals surface area contributed by atoms with Crippen LogP contribution in [-0.2, 0) is 0 Å². The van der Waals surface area contributed by atoms with E-state index in [4.69, 9.17) is 14.3 Å². The summed E-state index contributed by atoms with van der Waals surface area (Å²) in [4.78, 5) is 24.0. The average Bonchev–Trinajstić information content (AvgIpc) is 2.55. The molecule has 0 aliphatic carbocycles. The molecule has 0 radical (unpaired) electrons. The molecule has 2 aromatic carbocycles. The molecule has 0 bridgehead atoms. The molecule has 1 heterocycles. The Balaban J connectivity index is 2.14. The summed E-state index contributed by atoms with van der Waals surface area (Å²) in [6.07, 6.45) is 0.922. The van der Waals surface area contributed by atoms with Gasteiger partial charge in [0.2, 0.25) is 5.43 Å². The van der Waals surface area contributed by atoms with Gasteiger partial charge in [0.15, 0.2) is 0 Å². The molecule has 1 aromatic heterocycles. The summed E-state index contributed by atoms with van der Waals surface area (Å²) >= 11 is 0. The third kappa shape index (κ3) is 3.36. The highest BCUT2D eigenvalue weighted by atomic mass is 16.5. The normalized spacial score (nSPS) is 11.4. The highest BCUT2D eigenvalue weighted by Gasteiger charge is 2.14. The molecule has 0 unspecified atom stereocenters. The molecular formula is C20H20O5. The maximum Gasteiger partial charge on any atom is 0.335 e. The topological polar surface area (TPSA) is 76.7 Å². The number of carboxylic acid groups (broad SMARTS) is 1. The van der Waals surface area contributed by atoms with Gasteiger partial charge in [0.05, 0.1) is 22.9 Å². The first-order valence-corrected chi connectivity index (χ1v) is 8.24. The van der Waals surface area contributed by atoms with Gasteiger partial charge < -0.3 is 14.3 Å². The van der Waals surface area contributed by atoms with Crippen LogP contribution in [0.1, 0.15) is 36.2 Å². The van der Waals surface area contributed by atoms with E-state index in [-0.39, 0.29) is 16.4 Å². The van der Waals surface area contributed by atoms with Crippen molar-refractivity contribution < 1.29 is 19.1 Å². The largest absolute Gasteiger partial charge is 0.494 e. The van der Waals surface area contributed by atoms with Crippen molar-refractivity contribution in [3.63, 3.8) is 0 Å². The molecule has 3 rings (SSSR count). The van der Waals surface area contributed by atoms with Gasteiger partial charge in [-0.2, -0.15) is 0 Å². The number of carboxylic acids is 1. The molecule has 0 aliphatic heterocycles. The van der Waals surface area contributed by atoms with E-state index < -0.39 is 5.97 Å². The van der Waals surface area contributed by atoms with E-state index in [1.54, 1.807) is 6.07 Å². The van der Waals surface area contributed by atoms with Crippen molar-refractivity contribution in [3.8, 4) is 5.75 Å². The van der Waals surface area contributed by atoms with Gasteiger partial charge in [0.25, 0.3) is 0 Å². The van der Waals surface area contributed by atoms with Crippen molar-refractivity contribution in [1.82, 2.24) is 0 Å². The fourth-order valence-corrected chi connectivity index (χ4v) is 2.73. The standard InChI is InChI=1S/C20H20O5/c1-11(2)6-7-24-14-8-12(3)19-16(10-14)18(21)15-9-13(20(22)23)4-5-17(15)25-19/h4-5,8-11H,6-7H2,1-3H3,(H,22,23). The van der Waals surface area contributed by atoms with Crippen LogP contribution in [0, 0.1) is 12.8 Å². The van der Waals surface area contributed by atoms with Crippen LogP contribution < -0.4 is 10.2 Å². The molecule has 3 aromatic rings. The van der Waals surface area contributed by atoms with E-state index in [0.717, 1.165) is 12.0 Å². The van der Waals surface area contributed by atoms with Crippen LogP contribution >= 0.6 is 0 Å². The Labute approximate surface area is 144 Å². The predicted octanol–water partition coefficient (Wildman–Crippen LogP) is 4.38.